The molecule has 0 atom stereocenters. The first kappa shape index (κ1) is 23.5. The highest BCUT2D eigenvalue weighted by Crippen LogP contribution is 2.20. The molecule has 1 aliphatic heterocycles. The maximum absolute atomic E-state index is 14.4. The van der Waals surface area contributed by atoms with Gasteiger partial charge in [-0.3, -0.25) is 14.5 Å². The number of aromatic nitrogens is 3. The zero-order chi connectivity index (χ0) is 24.2. The lowest BCUT2D eigenvalue weighted by atomic mass is 10.1. The molecule has 1 aromatic carbocycles. The maximum atomic E-state index is 14.4. The van der Waals surface area contributed by atoms with Crippen LogP contribution in [0.2, 0.25) is 0 Å². The molecule has 178 valence electrons. The molecule has 10 heteroatoms. The average molecular weight is 469 g/mol. The summed E-state index contributed by atoms with van der Waals surface area (Å²) in [6.07, 6.45) is 1.17. The molecular formula is C24H26F2N6O2. The van der Waals surface area contributed by atoms with E-state index in [1.807, 2.05) is 4.90 Å². The van der Waals surface area contributed by atoms with Crippen LogP contribution in [0.5, 0.6) is 0 Å². The fourth-order valence-electron chi connectivity index (χ4n) is 4.03. The first-order chi connectivity index (χ1) is 16.3. The second-order valence-electron chi connectivity index (χ2n) is 8.27. The number of nitrogens with zero attached hydrogens (tertiary/aromatic N) is 4. The summed E-state index contributed by atoms with van der Waals surface area (Å²) in [4.78, 5) is 38.9. The highest BCUT2D eigenvalue weighted by atomic mass is 19.1. The Kier molecular flexibility index (Phi) is 6.97. The molecule has 0 saturated carbocycles. The molecular weight excluding hydrogens is 442 g/mol. The topological polar surface area (TPSA) is 94.2 Å². The Balaban J connectivity index is 1.29. The highest BCUT2D eigenvalue weighted by Gasteiger charge is 2.21. The van der Waals surface area contributed by atoms with Gasteiger partial charge in [-0.2, -0.15) is 4.39 Å². The fraction of sp³-hybridized carbons (Fsp3) is 0.333. The number of hydrogen-bond donors (Lipinski definition) is 2. The van der Waals surface area contributed by atoms with E-state index < -0.39 is 17.7 Å². The quantitative estimate of drug-likeness (QED) is 0.408. The molecule has 2 aromatic heterocycles. The third-order valence-electron chi connectivity index (χ3n) is 5.88. The van der Waals surface area contributed by atoms with Gasteiger partial charge in [0, 0.05) is 46.2 Å². The lowest BCUT2D eigenvalue weighted by molar-refractivity contribution is 0.0957. The van der Waals surface area contributed by atoms with Gasteiger partial charge in [-0.05, 0) is 36.8 Å². The van der Waals surface area contributed by atoms with E-state index in [1.54, 1.807) is 6.07 Å². The van der Waals surface area contributed by atoms with Gasteiger partial charge >= 0.3 is 0 Å². The van der Waals surface area contributed by atoms with Crippen molar-refractivity contribution in [1.82, 2.24) is 25.2 Å². The number of hydrogen-bond acceptors (Lipinski definition) is 6. The van der Waals surface area contributed by atoms with Crippen LogP contribution in [0.3, 0.4) is 0 Å². The Labute approximate surface area is 195 Å². The van der Waals surface area contributed by atoms with Crippen molar-refractivity contribution >= 4 is 22.5 Å². The molecule has 4 rings (SSSR count). The lowest BCUT2D eigenvalue weighted by Gasteiger charge is -2.36. The summed E-state index contributed by atoms with van der Waals surface area (Å²) >= 11 is 0. The Bertz CT molecular complexity index is 1280. The van der Waals surface area contributed by atoms with Crippen LogP contribution in [0.25, 0.3) is 10.9 Å². The fourth-order valence-corrected chi connectivity index (χ4v) is 4.03. The van der Waals surface area contributed by atoms with E-state index in [9.17, 15) is 18.4 Å². The molecule has 1 aliphatic rings. The molecule has 3 heterocycles. The molecule has 0 radical (unpaired) electrons. The number of amides is 1. The number of benzene rings is 1. The number of rotatable bonds is 7. The van der Waals surface area contributed by atoms with Crippen LogP contribution in [-0.2, 0) is 6.42 Å². The second-order valence-corrected chi connectivity index (χ2v) is 8.27. The van der Waals surface area contributed by atoms with E-state index in [0.29, 0.717) is 49.5 Å². The SMILES string of the molecule is C=C(CCc1nc2ccc(F)cc2c(=O)[nH]1)CN1CCN(c2ccc(C(=O)NC)nc2F)CC1. The number of anilines is 1. The second kappa shape index (κ2) is 10.1. The Morgan fingerprint density at radius 1 is 1.15 bits per heavy atom. The third kappa shape index (κ3) is 5.28. The minimum Gasteiger partial charge on any atom is -0.365 e. The van der Waals surface area contributed by atoms with Gasteiger partial charge in [0.2, 0.25) is 5.95 Å². The van der Waals surface area contributed by atoms with Gasteiger partial charge in [0.05, 0.1) is 16.6 Å². The first-order valence-corrected chi connectivity index (χ1v) is 11.0. The van der Waals surface area contributed by atoms with Crippen LogP contribution >= 0.6 is 0 Å². The summed E-state index contributed by atoms with van der Waals surface area (Å²) in [5.41, 5.74) is 1.54. The number of aromatic amines is 1. The van der Waals surface area contributed by atoms with Crippen LogP contribution in [0.4, 0.5) is 14.5 Å². The molecule has 3 aromatic rings. The number of pyridine rings is 1. The Morgan fingerprint density at radius 3 is 2.62 bits per heavy atom. The van der Waals surface area contributed by atoms with Crippen molar-refractivity contribution in [2.45, 2.75) is 12.8 Å². The standard InChI is InChI=1S/C24H26F2N6O2/c1-15(3-8-21-28-18-5-4-16(25)13-17(18)23(33)30-21)14-31-9-11-32(12-10-31)20-7-6-19(24(34)27-2)29-22(20)26/h4-7,13H,1,3,8-12,14H2,2H3,(H,27,34)(H,28,30,33). The van der Waals surface area contributed by atoms with Crippen molar-refractivity contribution in [3.05, 3.63) is 76.1 Å². The number of nitrogens with one attached hydrogen (secondary N) is 2. The summed E-state index contributed by atoms with van der Waals surface area (Å²) in [6, 6.07) is 7.08. The van der Waals surface area contributed by atoms with Crippen molar-refractivity contribution in [3.8, 4) is 0 Å². The normalized spacial score (nSPS) is 14.4. The number of fused-ring (bicyclic) bond motifs is 1. The van der Waals surface area contributed by atoms with Crippen molar-refractivity contribution in [1.29, 1.82) is 0 Å². The van der Waals surface area contributed by atoms with Crippen molar-refractivity contribution in [3.63, 3.8) is 0 Å². The monoisotopic (exact) mass is 468 g/mol. The lowest BCUT2D eigenvalue weighted by Crippen LogP contribution is -2.47. The van der Waals surface area contributed by atoms with Gasteiger partial charge in [0.15, 0.2) is 0 Å². The predicted octanol–water partition coefficient (Wildman–Crippen LogP) is 2.27. The summed E-state index contributed by atoms with van der Waals surface area (Å²) in [7, 11) is 1.48. The molecule has 1 fully saturated rings. The van der Waals surface area contributed by atoms with Gasteiger partial charge in [0.1, 0.15) is 17.3 Å². The number of halogens is 2. The number of carbonyl (C=O) groups excluding carboxylic acids is 1. The molecule has 0 spiro atoms. The van der Waals surface area contributed by atoms with E-state index in [0.717, 1.165) is 18.7 Å². The minimum atomic E-state index is -0.654. The minimum absolute atomic E-state index is 0.0492. The van der Waals surface area contributed by atoms with Crippen LogP contribution in [0, 0.1) is 11.8 Å². The summed E-state index contributed by atoms with van der Waals surface area (Å²) in [5, 5.41) is 2.66. The third-order valence-corrected chi connectivity index (χ3v) is 5.88. The zero-order valence-corrected chi connectivity index (χ0v) is 18.9. The van der Waals surface area contributed by atoms with E-state index in [-0.39, 0.29) is 16.6 Å². The van der Waals surface area contributed by atoms with Crippen LogP contribution < -0.4 is 15.8 Å². The van der Waals surface area contributed by atoms with Crippen LogP contribution in [0.1, 0.15) is 22.7 Å². The van der Waals surface area contributed by atoms with Crippen molar-refractivity contribution in [2.75, 3.05) is 44.7 Å². The van der Waals surface area contributed by atoms with Crippen LogP contribution in [-0.4, -0.2) is 65.5 Å². The number of carbonyl (C=O) groups is 1. The van der Waals surface area contributed by atoms with Gasteiger partial charge in [-0.15, -0.1) is 0 Å². The smallest absolute Gasteiger partial charge is 0.269 e. The molecule has 0 unspecified atom stereocenters. The molecule has 34 heavy (non-hydrogen) atoms. The van der Waals surface area contributed by atoms with E-state index in [2.05, 4.69) is 31.7 Å². The summed E-state index contributed by atoms with van der Waals surface area (Å²) in [5.74, 6) is -1.01. The molecule has 1 saturated heterocycles. The van der Waals surface area contributed by atoms with Gasteiger partial charge in [0.25, 0.3) is 11.5 Å². The molecule has 2 N–H and O–H groups in total. The zero-order valence-electron chi connectivity index (χ0n) is 18.9. The van der Waals surface area contributed by atoms with E-state index in [4.69, 9.17) is 0 Å². The number of aryl methyl sites for hydroxylation is 1. The van der Waals surface area contributed by atoms with Gasteiger partial charge in [-0.25, -0.2) is 14.4 Å². The molecule has 1 amide bonds. The van der Waals surface area contributed by atoms with Crippen LogP contribution in [0.15, 0.2) is 47.3 Å². The van der Waals surface area contributed by atoms with Gasteiger partial charge in [-0.1, -0.05) is 12.2 Å². The molecule has 8 nitrogen and oxygen atoms in total. The predicted molar refractivity (Wildman–Crippen MR) is 126 cm³/mol. The maximum Gasteiger partial charge on any atom is 0.269 e. The van der Waals surface area contributed by atoms with E-state index in [1.165, 1.54) is 31.3 Å². The first-order valence-electron chi connectivity index (χ1n) is 11.0. The highest BCUT2D eigenvalue weighted by molar-refractivity contribution is 5.92. The largest absolute Gasteiger partial charge is 0.365 e. The van der Waals surface area contributed by atoms with Gasteiger partial charge < -0.3 is 15.2 Å². The van der Waals surface area contributed by atoms with Crippen molar-refractivity contribution in [2.24, 2.45) is 0 Å². The number of piperazine rings is 1. The number of H-pyrrole nitrogens is 1. The summed E-state index contributed by atoms with van der Waals surface area (Å²) < 4.78 is 27.8. The summed E-state index contributed by atoms with van der Waals surface area (Å²) in [6.45, 7) is 7.55. The Morgan fingerprint density at radius 2 is 1.91 bits per heavy atom. The molecule has 0 bridgehead atoms. The molecule has 0 aliphatic carbocycles. The van der Waals surface area contributed by atoms with E-state index >= 15 is 0 Å². The Hall–Kier alpha value is -3.66. The van der Waals surface area contributed by atoms with Crippen molar-refractivity contribution < 1.29 is 13.6 Å². The average Bonchev–Trinajstić information content (AvgIpc) is 2.83.